The van der Waals surface area contributed by atoms with Gasteiger partial charge in [0, 0.05) is 19.6 Å². The van der Waals surface area contributed by atoms with E-state index in [1.807, 2.05) is 6.92 Å². The van der Waals surface area contributed by atoms with Gasteiger partial charge in [0.15, 0.2) is 0 Å². The Morgan fingerprint density at radius 1 is 1.69 bits per heavy atom. The van der Waals surface area contributed by atoms with E-state index in [4.69, 9.17) is 4.74 Å². The van der Waals surface area contributed by atoms with Crippen LogP contribution in [0.3, 0.4) is 0 Å². The van der Waals surface area contributed by atoms with Gasteiger partial charge in [0.05, 0.1) is 18.8 Å². The van der Waals surface area contributed by atoms with Crippen LogP contribution in [0.2, 0.25) is 0 Å². The van der Waals surface area contributed by atoms with Crippen LogP contribution < -0.4 is 0 Å². The molecule has 1 aromatic rings. The largest absolute Gasteiger partial charge is 0.392 e. The first-order valence-electron chi connectivity index (χ1n) is 5.83. The summed E-state index contributed by atoms with van der Waals surface area (Å²) in [5.74, 6) is 0. The minimum absolute atomic E-state index is 0.184. The zero-order valence-electron chi connectivity index (χ0n) is 9.63. The molecular formula is C12H19NO2S. The van der Waals surface area contributed by atoms with E-state index < -0.39 is 0 Å². The number of hydrogen-bond acceptors (Lipinski definition) is 4. The monoisotopic (exact) mass is 241 g/mol. The standard InChI is InChI=1S/C12H19NO2S/c1-2-11(14)7-13-4-5-15-12(8-13)10-3-6-16-9-10/h3,6,9,11-12,14H,2,4-5,7-8H2,1H3. The summed E-state index contributed by atoms with van der Waals surface area (Å²) < 4.78 is 5.75. The van der Waals surface area contributed by atoms with Crippen molar-refractivity contribution in [1.82, 2.24) is 4.90 Å². The van der Waals surface area contributed by atoms with E-state index in [2.05, 4.69) is 21.7 Å². The number of nitrogens with zero attached hydrogens (tertiary/aromatic N) is 1. The predicted octanol–water partition coefficient (Wildman–Crippen LogP) is 1.89. The quantitative estimate of drug-likeness (QED) is 0.874. The molecule has 1 aliphatic heterocycles. The van der Waals surface area contributed by atoms with Crippen molar-refractivity contribution in [3.8, 4) is 0 Å². The van der Waals surface area contributed by atoms with Crippen molar-refractivity contribution in [2.75, 3.05) is 26.2 Å². The molecule has 1 N–H and O–H groups in total. The molecule has 0 bridgehead atoms. The summed E-state index contributed by atoms with van der Waals surface area (Å²) in [6, 6.07) is 2.12. The van der Waals surface area contributed by atoms with Gasteiger partial charge in [-0.1, -0.05) is 6.92 Å². The van der Waals surface area contributed by atoms with Gasteiger partial charge in [0.25, 0.3) is 0 Å². The fourth-order valence-corrected chi connectivity index (χ4v) is 2.66. The summed E-state index contributed by atoms with van der Waals surface area (Å²) in [7, 11) is 0. The number of rotatable bonds is 4. The summed E-state index contributed by atoms with van der Waals surface area (Å²) >= 11 is 1.70. The highest BCUT2D eigenvalue weighted by atomic mass is 32.1. The molecule has 16 heavy (non-hydrogen) atoms. The van der Waals surface area contributed by atoms with Gasteiger partial charge < -0.3 is 9.84 Å². The van der Waals surface area contributed by atoms with E-state index in [0.29, 0.717) is 0 Å². The van der Waals surface area contributed by atoms with Crippen LogP contribution in [0.25, 0.3) is 0 Å². The molecule has 0 saturated carbocycles. The molecular weight excluding hydrogens is 222 g/mol. The molecule has 0 aromatic carbocycles. The van der Waals surface area contributed by atoms with E-state index >= 15 is 0 Å². The van der Waals surface area contributed by atoms with Crippen molar-refractivity contribution >= 4 is 11.3 Å². The minimum atomic E-state index is -0.207. The Morgan fingerprint density at radius 3 is 3.25 bits per heavy atom. The molecule has 0 spiro atoms. The molecule has 1 aromatic heterocycles. The van der Waals surface area contributed by atoms with Crippen LogP contribution in [0.1, 0.15) is 25.0 Å². The van der Waals surface area contributed by atoms with Crippen molar-refractivity contribution in [1.29, 1.82) is 0 Å². The van der Waals surface area contributed by atoms with Crippen LogP contribution in [0.4, 0.5) is 0 Å². The van der Waals surface area contributed by atoms with Gasteiger partial charge >= 0.3 is 0 Å². The second-order valence-electron chi connectivity index (χ2n) is 4.24. The second kappa shape index (κ2) is 5.77. The van der Waals surface area contributed by atoms with Crippen LogP contribution in [0, 0.1) is 0 Å². The maximum absolute atomic E-state index is 9.65. The van der Waals surface area contributed by atoms with E-state index in [-0.39, 0.29) is 12.2 Å². The van der Waals surface area contributed by atoms with Crippen LogP contribution in [-0.4, -0.2) is 42.4 Å². The Hall–Kier alpha value is -0.420. The number of aliphatic hydroxyl groups excluding tert-OH is 1. The summed E-state index contributed by atoms with van der Waals surface area (Å²) in [5, 5.41) is 13.9. The van der Waals surface area contributed by atoms with Gasteiger partial charge in [-0.2, -0.15) is 11.3 Å². The fourth-order valence-electron chi connectivity index (χ4n) is 1.96. The van der Waals surface area contributed by atoms with E-state index in [9.17, 15) is 5.11 Å². The Labute approximate surface area is 101 Å². The Kier molecular flexibility index (Phi) is 4.35. The van der Waals surface area contributed by atoms with Gasteiger partial charge in [-0.3, -0.25) is 4.90 Å². The minimum Gasteiger partial charge on any atom is -0.392 e. The molecule has 2 unspecified atom stereocenters. The predicted molar refractivity (Wildman–Crippen MR) is 65.7 cm³/mol. The Bertz CT molecular complexity index is 302. The summed E-state index contributed by atoms with van der Waals surface area (Å²) in [5.41, 5.74) is 1.26. The average molecular weight is 241 g/mol. The first kappa shape index (κ1) is 12.0. The maximum atomic E-state index is 9.65. The summed E-state index contributed by atoms with van der Waals surface area (Å²) in [4.78, 5) is 2.29. The lowest BCUT2D eigenvalue weighted by atomic mass is 10.1. The van der Waals surface area contributed by atoms with E-state index in [0.717, 1.165) is 32.7 Å². The molecule has 0 aliphatic carbocycles. The first-order chi connectivity index (χ1) is 7.79. The molecule has 1 aliphatic rings. The molecule has 2 rings (SSSR count). The second-order valence-corrected chi connectivity index (χ2v) is 5.02. The first-order valence-corrected chi connectivity index (χ1v) is 6.78. The van der Waals surface area contributed by atoms with Crippen LogP contribution >= 0.6 is 11.3 Å². The van der Waals surface area contributed by atoms with Crippen molar-refractivity contribution < 1.29 is 9.84 Å². The number of hydrogen-bond donors (Lipinski definition) is 1. The zero-order chi connectivity index (χ0) is 11.4. The van der Waals surface area contributed by atoms with Crippen LogP contribution in [0.5, 0.6) is 0 Å². The zero-order valence-corrected chi connectivity index (χ0v) is 10.4. The van der Waals surface area contributed by atoms with Crippen LogP contribution in [0.15, 0.2) is 16.8 Å². The third kappa shape index (κ3) is 3.04. The third-order valence-electron chi connectivity index (χ3n) is 3.01. The molecule has 90 valence electrons. The molecule has 3 nitrogen and oxygen atoms in total. The van der Waals surface area contributed by atoms with Gasteiger partial charge in [0.1, 0.15) is 0 Å². The average Bonchev–Trinajstić information content (AvgIpc) is 2.83. The molecule has 1 fully saturated rings. The highest BCUT2D eigenvalue weighted by Gasteiger charge is 2.23. The van der Waals surface area contributed by atoms with Gasteiger partial charge in [0.2, 0.25) is 0 Å². The van der Waals surface area contributed by atoms with E-state index in [1.165, 1.54) is 5.56 Å². The highest BCUT2D eigenvalue weighted by molar-refractivity contribution is 7.07. The Morgan fingerprint density at radius 2 is 2.56 bits per heavy atom. The lowest BCUT2D eigenvalue weighted by Crippen LogP contribution is -2.42. The van der Waals surface area contributed by atoms with Gasteiger partial charge in [-0.15, -0.1) is 0 Å². The fraction of sp³-hybridized carbons (Fsp3) is 0.667. The number of β-amino-alcohol motifs (C(OH)–C–C–N with tert-alkyl or cyclic N) is 1. The summed E-state index contributed by atoms with van der Waals surface area (Å²) in [6.07, 6.45) is 0.797. The third-order valence-corrected chi connectivity index (χ3v) is 3.71. The molecule has 1 saturated heterocycles. The van der Waals surface area contributed by atoms with Crippen molar-refractivity contribution in [2.24, 2.45) is 0 Å². The number of aliphatic hydroxyl groups is 1. The van der Waals surface area contributed by atoms with Gasteiger partial charge in [-0.25, -0.2) is 0 Å². The summed E-state index contributed by atoms with van der Waals surface area (Å²) in [6.45, 7) is 5.37. The molecule has 0 radical (unpaired) electrons. The van der Waals surface area contributed by atoms with E-state index in [1.54, 1.807) is 11.3 Å². The molecule has 0 amide bonds. The lowest BCUT2D eigenvalue weighted by Gasteiger charge is -2.33. The van der Waals surface area contributed by atoms with Gasteiger partial charge in [-0.05, 0) is 28.8 Å². The van der Waals surface area contributed by atoms with Crippen LogP contribution in [-0.2, 0) is 4.74 Å². The normalized spacial score (nSPS) is 24.5. The Balaban J connectivity index is 1.89. The number of ether oxygens (including phenoxy) is 1. The van der Waals surface area contributed by atoms with Crippen molar-refractivity contribution in [2.45, 2.75) is 25.6 Å². The molecule has 4 heteroatoms. The van der Waals surface area contributed by atoms with Crippen molar-refractivity contribution in [3.05, 3.63) is 22.4 Å². The SMILES string of the molecule is CCC(O)CN1CCOC(c2ccsc2)C1. The number of morpholine rings is 1. The smallest absolute Gasteiger partial charge is 0.0960 e. The highest BCUT2D eigenvalue weighted by Crippen LogP contribution is 2.24. The number of thiophene rings is 1. The van der Waals surface area contributed by atoms with Crippen molar-refractivity contribution in [3.63, 3.8) is 0 Å². The maximum Gasteiger partial charge on any atom is 0.0960 e. The molecule has 2 atom stereocenters. The lowest BCUT2D eigenvalue weighted by molar-refractivity contribution is -0.0421. The topological polar surface area (TPSA) is 32.7 Å². The molecule has 2 heterocycles.